The minimum Gasteiger partial charge on any atom is -0.465 e. The van der Waals surface area contributed by atoms with E-state index in [-0.39, 0.29) is 17.9 Å². The van der Waals surface area contributed by atoms with Crippen molar-refractivity contribution < 1.29 is 14.3 Å². The first-order valence-electron chi connectivity index (χ1n) is 9.57. The Morgan fingerprint density at radius 1 is 1.07 bits per heavy atom. The first-order chi connectivity index (χ1) is 13.6. The van der Waals surface area contributed by atoms with Gasteiger partial charge in [0, 0.05) is 31.8 Å². The summed E-state index contributed by atoms with van der Waals surface area (Å²) in [5, 5.41) is 3.09. The molecule has 0 spiro atoms. The predicted octanol–water partition coefficient (Wildman–Crippen LogP) is 3.27. The Labute approximate surface area is 166 Å². The van der Waals surface area contributed by atoms with E-state index in [0.29, 0.717) is 5.56 Å². The lowest BCUT2D eigenvalue weighted by Crippen LogP contribution is -2.43. The van der Waals surface area contributed by atoms with E-state index in [2.05, 4.69) is 39.2 Å². The van der Waals surface area contributed by atoms with Crippen molar-refractivity contribution in [1.82, 2.24) is 10.2 Å². The number of rotatable bonds is 6. The molecule has 28 heavy (non-hydrogen) atoms. The van der Waals surface area contributed by atoms with Crippen molar-refractivity contribution >= 4 is 18.0 Å². The van der Waals surface area contributed by atoms with E-state index in [1.54, 1.807) is 36.4 Å². The smallest absolute Gasteiger partial charge is 0.337 e. The van der Waals surface area contributed by atoms with Crippen molar-refractivity contribution in [2.75, 3.05) is 20.2 Å². The molecule has 5 heteroatoms. The summed E-state index contributed by atoms with van der Waals surface area (Å²) >= 11 is 0. The number of esters is 1. The van der Waals surface area contributed by atoms with Gasteiger partial charge >= 0.3 is 5.97 Å². The predicted molar refractivity (Wildman–Crippen MR) is 110 cm³/mol. The molecule has 0 unspecified atom stereocenters. The average Bonchev–Trinajstić information content (AvgIpc) is 2.74. The van der Waals surface area contributed by atoms with Gasteiger partial charge in [0.15, 0.2) is 0 Å². The average molecular weight is 378 g/mol. The van der Waals surface area contributed by atoms with Gasteiger partial charge in [0.1, 0.15) is 0 Å². The summed E-state index contributed by atoms with van der Waals surface area (Å²) in [5.41, 5.74) is 2.68. The summed E-state index contributed by atoms with van der Waals surface area (Å²) in [4.78, 5) is 26.1. The van der Waals surface area contributed by atoms with Gasteiger partial charge in [-0.1, -0.05) is 42.5 Å². The fourth-order valence-corrected chi connectivity index (χ4v) is 3.35. The van der Waals surface area contributed by atoms with E-state index >= 15 is 0 Å². The Morgan fingerprint density at radius 2 is 1.75 bits per heavy atom. The van der Waals surface area contributed by atoms with Crippen LogP contribution in [0.25, 0.3) is 6.08 Å². The summed E-state index contributed by atoms with van der Waals surface area (Å²) in [6.07, 6.45) is 5.21. The molecule has 2 aromatic rings. The third-order valence-electron chi connectivity index (χ3n) is 4.94. The molecule has 5 nitrogen and oxygen atoms in total. The number of carbonyl (C=O) groups excluding carboxylic acids is 2. The number of benzene rings is 2. The molecule has 0 saturated carbocycles. The number of methoxy groups -OCH3 is 1. The summed E-state index contributed by atoms with van der Waals surface area (Å²) in [6, 6.07) is 17.6. The number of likely N-dealkylation sites (tertiary alicyclic amines) is 1. The lowest BCUT2D eigenvalue weighted by molar-refractivity contribution is -0.117. The Hall–Kier alpha value is -2.92. The van der Waals surface area contributed by atoms with E-state index < -0.39 is 0 Å². The number of nitrogens with one attached hydrogen (secondary N) is 1. The lowest BCUT2D eigenvalue weighted by Gasteiger charge is -2.32. The van der Waals surface area contributed by atoms with Gasteiger partial charge in [-0.3, -0.25) is 9.69 Å². The quantitative estimate of drug-likeness (QED) is 0.619. The molecule has 0 atom stereocenters. The van der Waals surface area contributed by atoms with E-state index in [9.17, 15) is 9.59 Å². The van der Waals surface area contributed by atoms with Crippen LogP contribution in [0.4, 0.5) is 0 Å². The second kappa shape index (κ2) is 9.85. The Bertz CT molecular complexity index is 808. The van der Waals surface area contributed by atoms with Crippen molar-refractivity contribution in [2.24, 2.45) is 0 Å². The maximum atomic E-state index is 12.2. The third-order valence-corrected chi connectivity index (χ3v) is 4.94. The number of carbonyl (C=O) groups is 2. The molecule has 0 aromatic heterocycles. The molecule has 1 fully saturated rings. The zero-order valence-corrected chi connectivity index (χ0v) is 16.1. The molecule has 1 aliphatic rings. The molecule has 146 valence electrons. The Balaban J connectivity index is 1.43. The molecule has 0 aliphatic carbocycles. The Kier molecular flexibility index (Phi) is 6.98. The van der Waals surface area contributed by atoms with Gasteiger partial charge in [0.25, 0.3) is 0 Å². The van der Waals surface area contributed by atoms with Crippen LogP contribution in [-0.2, 0) is 16.1 Å². The SMILES string of the molecule is COC(=O)c1ccc(/C=C/C(=O)NC2CCN(Cc3ccccc3)CC2)cc1. The van der Waals surface area contributed by atoms with Crippen molar-refractivity contribution in [1.29, 1.82) is 0 Å². The Morgan fingerprint density at radius 3 is 2.39 bits per heavy atom. The highest BCUT2D eigenvalue weighted by Crippen LogP contribution is 2.14. The van der Waals surface area contributed by atoms with Gasteiger partial charge in [-0.25, -0.2) is 4.79 Å². The minimum atomic E-state index is -0.369. The zero-order valence-electron chi connectivity index (χ0n) is 16.1. The second-order valence-corrected chi connectivity index (χ2v) is 6.99. The molecular formula is C23H26N2O3. The number of hydrogen-bond acceptors (Lipinski definition) is 4. The molecular weight excluding hydrogens is 352 g/mol. The number of amides is 1. The highest BCUT2D eigenvalue weighted by atomic mass is 16.5. The highest BCUT2D eigenvalue weighted by Gasteiger charge is 2.19. The molecule has 0 bridgehead atoms. The third kappa shape index (κ3) is 5.79. The highest BCUT2D eigenvalue weighted by molar-refractivity contribution is 5.92. The van der Waals surface area contributed by atoms with E-state index in [0.717, 1.165) is 38.0 Å². The monoisotopic (exact) mass is 378 g/mol. The van der Waals surface area contributed by atoms with Gasteiger partial charge in [0.2, 0.25) is 5.91 Å². The summed E-state index contributed by atoms with van der Waals surface area (Å²) in [5.74, 6) is -0.453. The second-order valence-electron chi connectivity index (χ2n) is 6.99. The fraction of sp³-hybridized carbons (Fsp3) is 0.304. The van der Waals surface area contributed by atoms with Crippen LogP contribution in [0.3, 0.4) is 0 Å². The summed E-state index contributed by atoms with van der Waals surface area (Å²) in [6.45, 7) is 2.93. The van der Waals surface area contributed by atoms with E-state index in [1.165, 1.54) is 12.7 Å². The summed E-state index contributed by atoms with van der Waals surface area (Å²) < 4.78 is 4.68. The zero-order chi connectivity index (χ0) is 19.8. The van der Waals surface area contributed by atoms with Crippen LogP contribution in [0.5, 0.6) is 0 Å². The van der Waals surface area contributed by atoms with Crippen LogP contribution in [0.15, 0.2) is 60.7 Å². The van der Waals surface area contributed by atoms with Crippen molar-refractivity contribution in [3.8, 4) is 0 Å². The molecule has 1 heterocycles. The van der Waals surface area contributed by atoms with Crippen LogP contribution in [0.2, 0.25) is 0 Å². The van der Waals surface area contributed by atoms with Gasteiger partial charge in [-0.2, -0.15) is 0 Å². The molecule has 1 saturated heterocycles. The lowest BCUT2D eigenvalue weighted by atomic mass is 10.0. The fourth-order valence-electron chi connectivity index (χ4n) is 3.35. The van der Waals surface area contributed by atoms with E-state index in [1.807, 2.05) is 6.07 Å². The van der Waals surface area contributed by atoms with Crippen molar-refractivity contribution in [3.05, 3.63) is 77.4 Å². The topological polar surface area (TPSA) is 58.6 Å². The maximum absolute atomic E-state index is 12.2. The van der Waals surface area contributed by atoms with Gasteiger partial charge in [-0.15, -0.1) is 0 Å². The number of hydrogen-bond donors (Lipinski definition) is 1. The standard InChI is InChI=1S/C23H26N2O3/c1-28-23(27)20-10-7-18(8-11-20)9-12-22(26)24-21-13-15-25(16-14-21)17-19-5-3-2-4-6-19/h2-12,21H,13-17H2,1H3,(H,24,26)/b12-9+. The molecule has 1 aliphatic heterocycles. The van der Waals surface area contributed by atoms with Crippen LogP contribution in [-0.4, -0.2) is 43.0 Å². The van der Waals surface area contributed by atoms with Gasteiger partial charge < -0.3 is 10.1 Å². The number of nitrogens with zero attached hydrogens (tertiary/aromatic N) is 1. The van der Waals surface area contributed by atoms with Gasteiger partial charge in [0.05, 0.1) is 12.7 Å². The molecule has 3 rings (SSSR count). The van der Waals surface area contributed by atoms with Crippen LogP contribution < -0.4 is 5.32 Å². The summed E-state index contributed by atoms with van der Waals surface area (Å²) in [7, 11) is 1.35. The van der Waals surface area contributed by atoms with E-state index in [4.69, 9.17) is 0 Å². The van der Waals surface area contributed by atoms with Crippen molar-refractivity contribution in [3.63, 3.8) is 0 Å². The first-order valence-corrected chi connectivity index (χ1v) is 9.57. The van der Waals surface area contributed by atoms with Crippen LogP contribution in [0, 0.1) is 0 Å². The van der Waals surface area contributed by atoms with Crippen molar-refractivity contribution in [2.45, 2.75) is 25.4 Å². The van der Waals surface area contributed by atoms with Crippen LogP contribution in [0.1, 0.15) is 34.3 Å². The molecule has 1 N–H and O–H groups in total. The molecule has 1 amide bonds. The van der Waals surface area contributed by atoms with Crippen LogP contribution >= 0.6 is 0 Å². The minimum absolute atomic E-state index is 0.0847. The largest absolute Gasteiger partial charge is 0.465 e. The first kappa shape index (κ1) is 19.8. The molecule has 2 aromatic carbocycles. The van der Waals surface area contributed by atoms with Gasteiger partial charge in [-0.05, 0) is 42.2 Å². The maximum Gasteiger partial charge on any atom is 0.337 e. The number of piperidine rings is 1. The number of ether oxygens (including phenoxy) is 1. The molecule has 0 radical (unpaired) electrons. The normalized spacial score (nSPS) is 15.5.